The van der Waals surface area contributed by atoms with E-state index >= 15 is 0 Å². The standard InChI is InChI=1S/C22H23NO4/c1-16-8-10-20(25-2)17(14-16)12-13-23-22(24)21-11-9-19(27-21)15-26-18-6-4-3-5-7-18/h3-11,14H,12-13,15H2,1-2H3,(H,23,24). The van der Waals surface area contributed by atoms with E-state index in [1.807, 2.05) is 49.4 Å². The highest BCUT2D eigenvalue weighted by Gasteiger charge is 2.12. The zero-order valence-corrected chi connectivity index (χ0v) is 15.5. The van der Waals surface area contributed by atoms with Gasteiger partial charge < -0.3 is 19.2 Å². The van der Waals surface area contributed by atoms with Gasteiger partial charge in [-0.15, -0.1) is 0 Å². The highest BCUT2D eigenvalue weighted by Crippen LogP contribution is 2.20. The predicted octanol–water partition coefficient (Wildman–Crippen LogP) is 4.15. The molecule has 0 spiro atoms. The van der Waals surface area contributed by atoms with Crippen molar-refractivity contribution in [3.63, 3.8) is 0 Å². The van der Waals surface area contributed by atoms with E-state index < -0.39 is 0 Å². The van der Waals surface area contributed by atoms with Crippen LogP contribution in [-0.2, 0) is 13.0 Å². The number of hydrogen-bond acceptors (Lipinski definition) is 4. The Labute approximate surface area is 158 Å². The Morgan fingerprint density at radius 1 is 1.07 bits per heavy atom. The number of rotatable bonds is 8. The third kappa shape index (κ3) is 5.14. The van der Waals surface area contributed by atoms with Gasteiger partial charge in [0.2, 0.25) is 0 Å². The highest BCUT2D eigenvalue weighted by atomic mass is 16.5. The Kier molecular flexibility index (Phi) is 6.15. The van der Waals surface area contributed by atoms with Crippen LogP contribution in [0, 0.1) is 6.92 Å². The summed E-state index contributed by atoms with van der Waals surface area (Å²) in [4.78, 5) is 12.3. The summed E-state index contributed by atoms with van der Waals surface area (Å²) in [5, 5.41) is 2.88. The van der Waals surface area contributed by atoms with Crippen molar-refractivity contribution in [3.05, 3.63) is 83.3 Å². The van der Waals surface area contributed by atoms with Crippen molar-refractivity contribution < 1.29 is 18.7 Å². The molecule has 5 nitrogen and oxygen atoms in total. The number of para-hydroxylation sites is 1. The summed E-state index contributed by atoms with van der Waals surface area (Å²) in [6.07, 6.45) is 0.682. The van der Waals surface area contributed by atoms with Crippen LogP contribution in [0.3, 0.4) is 0 Å². The highest BCUT2D eigenvalue weighted by molar-refractivity contribution is 5.91. The fraction of sp³-hybridized carbons (Fsp3) is 0.227. The normalized spacial score (nSPS) is 10.4. The number of benzene rings is 2. The molecule has 1 amide bonds. The van der Waals surface area contributed by atoms with Gasteiger partial charge in [-0.25, -0.2) is 0 Å². The SMILES string of the molecule is COc1ccc(C)cc1CCNC(=O)c1ccc(COc2ccccc2)o1. The number of hydrogen-bond donors (Lipinski definition) is 1. The molecule has 3 aromatic rings. The van der Waals surface area contributed by atoms with Gasteiger partial charge in [-0.1, -0.05) is 35.9 Å². The number of nitrogens with one attached hydrogen (secondary N) is 1. The maximum atomic E-state index is 12.3. The Morgan fingerprint density at radius 2 is 1.89 bits per heavy atom. The first-order chi connectivity index (χ1) is 13.2. The molecule has 0 aliphatic carbocycles. The van der Waals surface area contributed by atoms with Gasteiger partial charge in [-0.3, -0.25) is 4.79 Å². The van der Waals surface area contributed by atoms with E-state index in [0.717, 1.165) is 22.6 Å². The topological polar surface area (TPSA) is 60.7 Å². The zero-order chi connectivity index (χ0) is 19.1. The zero-order valence-electron chi connectivity index (χ0n) is 15.5. The number of methoxy groups -OCH3 is 1. The minimum Gasteiger partial charge on any atom is -0.496 e. The molecule has 0 saturated heterocycles. The van der Waals surface area contributed by atoms with Gasteiger partial charge in [-0.05, 0) is 49.2 Å². The van der Waals surface area contributed by atoms with Crippen LogP contribution in [0.15, 0.2) is 65.1 Å². The lowest BCUT2D eigenvalue weighted by molar-refractivity contribution is 0.0922. The summed E-state index contributed by atoms with van der Waals surface area (Å²) in [5.41, 5.74) is 2.22. The molecule has 0 unspecified atom stereocenters. The summed E-state index contributed by atoms with van der Waals surface area (Å²) in [5.74, 6) is 2.22. The number of furan rings is 1. The average molecular weight is 365 g/mol. The predicted molar refractivity (Wildman–Crippen MR) is 103 cm³/mol. The van der Waals surface area contributed by atoms with E-state index in [1.165, 1.54) is 0 Å². The van der Waals surface area contributed by atoms with Crippen molar-refractivity contribution in [1.29, 1.82) is 0 Å². The summed E-state index contributed by atoms with van der Waals surface area (Å²) in [7, 11) is 1.65. The van der Waals surface area contributed by atoms with Crippen LogP contribution in [-0.4, -0.2) is 19.6 Å². The third-order valence-corrected chi connectivity index (χ3v) is 4.13. The molecule has 0 bridgehead atoms. The molecular weight excluding hydrogens is 342 g/mol. The monoisotopic (exact) mass is 365 g/mol. The Morgan fingerprint density at radius 3 is 2.67 bits per heavy atom. The summed E-state index contributed by atoms with van der Waals surface area (Å²) < 4.78 is 16.6. The largest absolute Gasteiger partial charge is 0.496 e. The first-order valence-corrected chi connectivity index (χ1v) is 8.84. The fourth-order valence-electron chi connectivity index (χ4n) is 2.75. The molecule has 5 heteroatoms. The number of aryl methyl sites for hydroxylation is 1. The molecule has 0 radical (unpaired) electrons. The molecule has 140 valence electrons. The molecule has 1 heterocycles. The third-order valence-electron chi connectivity index (χ3n) is 4.13. The van der Waals surface area contributed by atoms with Crippen LogP contribution in [0.25, 0.3) is 0 Å². The van der Waals surface area contributed by atoms with Gasteiger partial charge in [0.25, 0.3) is 5.91 Å². The second kappa shape index (κ2) is 8.94. The van der Waals surface area contributed by atoms with Gasteiger partial charge in [0.1, 0.15) is 23.9 Å². The molecule has 0 aliphatic rings. The van der Waals surface area contributed by atoms with E-state index in [1.54, 1.807) is 19.2 Å². The van der Waals surface area contributed by atoms with Crippen LogP contribution in [0.2, 0.25) is 0 Å². The van der Waals surface area contributed by atoms with Gasteiger partial charge in [0.05, 0.1) is 7.11 Å². The maximum Gasteiger partial charge on any atom is 0.287 e. The number of carbonyl (C=O) groups excluding carboxylic acids is 1. The van der Waals surface area contributed by atoms with Crippen molar-refractivity contribution in [2.45, 2.75) is 20.0 Å². The quantitative estimate of drug-likeness (QED) is 0.651. The van der Waals surface area contributed by atoms with Gasteiger partial charge in [0.15, 0.2) is 5.76 Å². The maximum absolute atomic E-state index is 12.3. The van der Waals surface area contributed by atoms with Gasteiger partial charge in [-0.2, -0.15) is 0 Å². The second-order valence-corrected chi connectivity index (χ2v) is 6.19. The molecule has 1 N–H and O–H groups in total. The molecule has 0 atom stereocenters. The number of carbonyl (C=O) groups is 1. The fourth-order valence-corrected chi connectivity index (χ4v) is 2.75. The summed E-state index contributed by atoms with van der Waals surface area (Å²) in [6.45, 7) is 2.80. The van der Waals surface area contributed by atoms with Crippen molar-refractivity contribution in [2.24, 2.45) is 0 Å². The van der Waals surface area contributed by atoms with Crippen molar-refractivity contribution in [1.82, 2.24) is 5.32 Å². The number of amides is 1. The van der Waals surface area contributed by atoms with Crippen molar-refractivity contribution in [3.8, 4) is 11.5 Å². The van der Waals surface area contributed by atoms with Crippen LogP contribution >= 0.6 is 0 Å². The lowest BCUT2D eigenvalue weighted by Gasteiger charge is -2.10. The lowest BCUT2D eigenvalue weighted by Crippen LogP contribution is -2.25. The molecule has 3 rings (SSSR count). The van der Waals surface area contributed by atoms with Crippen LogP contribution < -0.4 is 14.8 Å². The van der Waals surface area contributed by atoms with E-state index in [0.29, 0.717) is 18.7 Å². The van der Waals surface area contributed by atoms with E-state index in [9.17, 15) is 4.79 Å². The van der Waals surface area contributed by atoms with Crippen LogP contribution in [0.4, 0.5) is 0 Å². The van der Waals surface area contributed by atoms with Crippen molar-refractivity contribution in [2.75, 3.05) is 13.7 Å². The smallest absolute Gasteiger partial charge is 0.287 e. The summed E-state index contributed by atoms with van der Waals surface area (Å²) >= 11 is 0. The molecule has 0 aliphatic heterocycles. The van der Waals surface area contributed by atoms with Gasteiger partial charge in [0, 0.05) is 6.54 Å². The van der Waals surface area contributed by atoms with Gasteiger partial charge >= 0.3 is 0 Å². The summed E-state index contributed by atoms with van der Waals surface area (Å²) in [6, 6.07) is 18.9. The van der Waals surface area contributed by atoms with E-state index in [-0.39, 0.29) is 18.3 Å². The molecule has 1 aromatic heterocycles. The first kappa shape index (κ1) is 18.6. The molecular formula is C22H23NO4. The average Bonchev–Trinajstić information content (AvgIpc) is 3.16. The minimum atomic E-state index is -0.243. The Hall–Kier alpha value is -3.21. The Bertz CT molecular complexity index is 886. The van der Waals surface area contributed by atoms with E-state index in [4.69, 9.17) is 13.9 Å². The molecule has 2 aromatic carbocycles. The van der Waals surface area contributed by atoms with Crippen LogP contribution in [0.5, 0.6) is 11.5 Å². The van der Waals surface area contributed by atoms with E-state index in [2.05, 4.69) is 11.4 Å². The molecule has 0 saturated carbocycles. The molecule has 0 fully saturated rings. The van der Waals surface area contributed by atoms with Crippen molar-refractivity contribution >= 4 is 5.91 Å². The second-order valence-electron chi connectivity index (χ2n) is 6.19. The lowest BCUT2D eigenvalue weighted by atomic mass is 10.1. The Balaban J connectivity index is 1.50. The number of ether oxygens (including phenoxy) is 2. The first-order valence-electron chi connectivity index (χ1n) is 8.84. The minimum absolute atomic E-state index is 0.243. The molecule has 27 heavy (non-hydrogen) atoms. The van der Waals surface area contributed by atoms with Crippen LogP contribution in [0.1, 0.15) is 27.4 Å².